The van der Waals surface area contributed by atoms with E-state index < -0.39 is 15.9 Å². The average Bonchev–Trinajstić information content (AvgIpc) is 2.76. The van der Waals surface area contributed by atoms with Crippen molar-refractivity contribution in [3.8, 4) is 16.9 Å². The Labute approximate surface area is 195 Å². The second kappa shape index (κ2) is 8.90. The summed E-state index contributed by atoms with van der Waals surface area (Å²) >= 11 is 0. The molecular weight excluding hydrogens is 436 g/mol. The fraction of sp³-hybridized carbons (Fsp3) is 0.269. The van der Waals surface area contributed by atoms with Crippen LogP contribution in [0.4, 0.5) is 11.4 Å². The number of carbonyl (C=O) groups is 1. The van der Waals surface area contributed by atoms with Gasteiger partial charge in [-0.05, 0) is 55.7 Å². The van der Waals surface area contributed by atoms with Crippen molar-refractivity contribution in [2.24, 2.45) is 0 Å². The molecule has 6 nitrogen and oxygen atoms in total. The molecule has 0 spiro atoms. The number of nitrogens with one attached hydrogen (secondary N) is 1. The SMILES string of the molecule is CC(C)Oc1cccc(NC(=O)CN2c3ccc(C(C)C)cc3-c3ccccc3S2(=O)=O)c1. The summed E-state index contributed by atoms with van der Waals surface area (Å²) in [4.78, 5) is 13.1. The smallest absolute Gasteiger partial charge is 0.265 e. The molecule has 3 aromatic rings. The topological polar surface area (TPSA) is 75.7 Å². The van der Waals surface area contributed by atoms with Gasteiger partial charge in [0.2, 0.25) is 5.91 Å². The molecule has 0 saturated carbocycles. The zero-order valence-electron chi connectivity index (χ0n) is 19.2. The average molecular weight is 465 g/mol. The first-order valence-corrected chi connectivity index (χ1v) is 12.4. The highest BCUT2D eigenvalue weighted by molar-refractivity contribution is 7.93. The van der Waals surface area contributed by atoms with Gasteiger partial charge in [-0.15, -0.1) is 0 Å². The predicted molar refractivity (Wildman–Crippen MR) is 131 cm³/mol. The first-order chi connectivity index (χ1) is 15.7. The highest BCUT2D eigenvalue weighted by Crippen LogP contribution is 2.44. The molecule has 4 rings (SSSR count). The summed E-state index contributed by atoms with van der Waals surface area (Å²) in [6, 6.07) is 19.7. The number of fused-ring (bicyclic) bond motifs is 3. The van der Waals surface area contributed by atoms with Crippen LogP contribution in [0.1, 0.15) is 39.2 Å². The lowest BCUT2D eigenvalue weighted by Gasteiger charge is -2.32. The van der Waals surface area contributed by atoms with E-state index >= 15 is 0 Å². The molecule has 33 heavy (non-hydrogen) atoms. The van der Waals surface area contributed by atoms with Gasteiger partial charge in [0.25, 0.3) is 10.0 Å². The van der Waals surface area contributed by atoms with Crippen LogP contribution in [0.2, 0.25) is 0 Å². The molecule has 0 aromatic heterocycles. The number of ether oxygens (including phenoxy) is 1. The van der Waals surface area contributed by atoms with Crippen molar-refractivity contribution in [3.05, 3.63) is 72.3 Å². The molecule has 0 unspecified atom stereocenters. The van der Waals surface area contributed by atoms with E-state index in [1.165, 1.54) is 4.31 Å². The number of hydrogen-bond acceptors (Lipinski definition) is 4. The quantitative estimate of drug-likeness (QED) is 0.529. The fourth-order valence-electron chi connectivity index (χ4n) is 3.93. The minimum absolute atomic E-state index is 0.00162. The van der Waals surface area contributed by atoms with Crippen molar-refractivity contribution in [1.29, 1.82) is 0 Å². The molecule has 1 heterocycles. The van der Waals surface area contributed by atoms with Gasteiger partial charge >= 0.3 is 0 Å². The van der Waals surface area contributed by atoms with E-state index in [0.717, 1.165) is 11.1 Å². The molecule has 172 valence electrons. The molecule has 1 amide bonds. The molecule has 0 atom stereocenters. The van der Waals surface area contributed by atoms with E-state index in [4.69, 9.17) is 4.74 Å². The minimum Gasteiger partial charge on any atom is -0.491 e. The molecule has 7 heteroatoms. The van der Waals surface area contributed by atoms with Gasteiger partial charge < -0.3 is 10.1 Å². The van der Waals surface area contributed by atoms with E-state index in [9.17, 15) is 13.2 Å². The van der Waals surface area contributed by atoms with Crippen LogP contribution < -0.4 is 14.4 Å². The Kier molecular flexibility index (Phi) is 6.17. The summed E-state index contributed by atoms with van der Waals surface area (Å²) in [5.74, 6) is 0.491. The second-order valence-electron chi connectivity index (χ2n) is 8.68. The van der Waals surface area contributed by atoms with Gasteiger partial charge in [-0.3, -0.25) is 9.10 Å². The third-order valence-electron chi connectivity index (χ3n) is 5.48. The van der Waals surface area contributed by atoms with Gasteiger partial charge in [0.1, 0.15) is 12.3 Å². The maximum atomic E-state index is 13.5. The Morgan fingerprint density at radius 2 is 1.70 bits per heavy atom. The summed E-state index contributed by atoms with van der Waals surface area (Å²) in [5.41, 5.74) is 3.62. The van der Waals surface area contributed by atoms with Gasteiger partial charge in [-0.2, -0.15) is 0 Å². The third-order valence-corrected chi connectivity index (χ3v) is 7.30. The van der Waals surface area contributed by atoms with Gasteiger partial charge in [0, 0.05) is 22.9 Å². The van der Waals surface area contributed by atoms with Gasteiger partial charge in [0.05, 0.1) is 16.7 Å². The van der Waals surface area contributed by atoms with Gasteiger partial charge in [0.15, 0.2) is 0 Å². The highest BCUT2D eigenvalue weighted by atomic mass is 32.2. The van der Waals surface area contributed by atoms with Crippen LogP contribution in [0, 0.1) is 0 Å². The van der Waals surface area contributed by atoms with Crippen molar-refractivity contribution < 1.29 is 17.9 Å². The largest absolute Gasteiger partial charge is 0.491 e. The number of benzene rings is 3. The maximum absolute atomic E-state index is 13.5. The number of sulfonamides is 1. The summed E-state index contributed by atoms with van der Waals surface area (Å²) in [5, 5.41) is 2.80. The molecule has 1 N–H and O–H groups in total. The Morgan fingerprint density at radius 1 is 0.939 bits per heavy atom. The summed E-state index contributed by atoms with van der Waals surface area (Å²) in [7, 11) is -3.89. The molecule has 0 radical (unpaired) electrons. The minimum atomic E-state index is -3.89. The molecule has 0 fully saturated rings. The fourth-order valence-corrected chi connectivity index (χ4v) is 5.58. The molecule has 0 aliphatic carbocycles. The van der Waals surface area contributed by atoms with E-state index in [1.54, 1.807) is 36.4 Å². The van der Waals surface area contributed by atoms with Crippen LogP contribution in [-0.2, 0) is 14.8 Å². The molecule has 3 aromatic carbocycles. The van der Waals surface area contributed by atoms with E-state index in [-0.39, 0.29) is 23.5 Å². The van der Waals surface area contributed by atoms with Crippen molar-refractivity contribution in [2.75, 3.05) is 16.2 Å². The molecule has 1 aliphatic rings. The summed E-state index contributed by atoms with van der Waals surface area (Å²) < 4.78 is 33.8. The maximum Gasteiger partial charge on any atom is 0.265 e. The Hall–Kier alpha value is -3.32. The number of amides is 1. The first-order valence-electron chi connectivity index (χ1n) is 11.0. The number of rotatable bonds is 6. The zero-order chi connectivity index (χ0) is 23.8. The molecule has 0 bridgehead atoms. The van der Waals surface area contributed by atoms with Crippen molar-refractivity contribution in [3.63, 3.8) is 0 Å². The summed E-state index contributed by atoms with van der Waals surface area (Å²) in [6.45, 7) is 7.70. The highest BCUT2D eigenvalue weighted by Gasteiger charge is 2.36. The lowest BCUT2D eigenvalue weighted by atomic mass is 9.95. The number of carbonyl (C=O) groups excluding carboxylic acids is 1. The van der Waals surface area contributed by atoms with Crippen LogP contribution in [-0.4, -0.2) is 27.0 Å². The Bertz CT molecular complexity index is 1300. The van der Waals surface area contributed by atoms with E-state index in [1.807, 2.05) is 44.2 Å². The second-order valence-corrected chi connectivity index (χ2v) is 10.5. The van der Waals surface area contributed by atoms with Gasteiger partial charge in [-0.25, -0.2) is 8.42 Å². The Morgan fingerprint density at radius 3 is 2.42 bits per heavy atom. The van der Waals surface area contributed by atoms with Crippen LogP contribution >= 0.6 is 0 Å². The lowest BCUT2D eigenvalue weighted by molar-refractivity contribution is -0.114. The third kappa shape index (κ3) is 4.59. The van der Waals surface area contributed by atoms with E-state index in [0.29, 0.717) is 22.7 Å². The molecule has 1 aliphatic heterocycles. The zero-order valence-corrected chi connectivity index (χ0v) is 20.0. The number of nitrogens with zero attached hydrogens (tertiary/aromatic N) is 1. The van der Waals surface area contributed by atoms with Crippen molar-refractivity contribution in [1.82, 2.24) is 0 Å². The summed E-state index contributed by atoms with van der Waals surface area (Å²) in [6.07, 6.45) is 0.00162. The van der Waals surface area contributed by atoms with Crippen LogP contribution in [0.3, 0.4) is 0 Å². The van der Waals surface area contributed by atoms with Crippen LogP contribution in [0.25, 0.3) is 11.1 Å². The van der Waals surface area contributed by atoms with Crippen LogP contribution in [0.5, 0.6) is 5.75 Å². The number of anilines is 2. The molecular formula is C26H28N2O4S. The normalized spacial score (nSPS) is 14.1. The van der Waals surface area contributed by atoms with Crippen molar-refractivity contribution >= 4 is 27.3 Å². The first kappa shape index (κ1) is 22.9. The monoisotopic (exact) mass is 464 g/mol. The Balaban J connectivity index is 1.67. The standard InChI is InChI=1S/C26H28N2O4S/c1-17(2)19-12-13-24-23(14-19)22-10-5-6-11-25(22)33(30,31)28(24)16-26(29)27-20-8-7-9-21(15-20)32-18(3)4/h5-15,17-18H,16H2,1-4H3,(H,27,29). The predicted octanol–water partition coefficient (Wildman–Crippen LogP) is 5.41. The van der Waals surface area contributed by atoms with E-state index in [2.05, 4.69) is 19.2 Å². The van der Waals surface area contributed by atoms with Crippen LogP contribution in [0.15, 0.2) is 71.6 Å². The lowest BCUT2D eigenvalue weighted by Crippen LogP contribution is -2.40. The van der Waals surface area contributed by atoms with Crippen molar-refractivity contribution in [2.45, 2.75) is 44.6 Å². The molecule has 0 saturated heterocycles. The van der Waals surface area contributed by atoms with Gasteiger partial charge in [-0.1, -0.05) is 44.2 Å². The number of hydrogen-bond donors (Lipinski definition) is 1.